The fourth-order valence-electron chi connectivity index (χ4n) is 3.47. The minimum Gasteiger partial charge on any atom is -0.481 e. The lowest BCUT2D eigenvalue weighted by Gasteiger charge is -2.15. The molecule has 2 aromatic heterocycles. The molecule has 0 radical (unpaired) electrons. The van der Waals surface area contributed by atoms with Crippen LogP contribution in [0.2, 0.25) is 0 Å². The molecule has 0 atom stereocenters. The number of nitrogens with zero attached hydrogens (tertiary/aromatic N) is 3. The predicted octanol–water partition coefficient (Wildman–Crippen LogP) is 6.16. The maximum absolute atomic E-state index is 11.9. The molecule has 0 amide bonds. The Morgan fingerprint density at radius 2 is 1.66 bits per heavy atom. The highest BCUT2D eigenvalue weighted by Crippen LogP contribution is 2.26. The van der Waals surface area contributed by atoms with Gasteiger partial charge in [-0.1, -0.05) is 49.9 Å². The molecule has 0 spiro atoms. The lowest BCUT2D eigenvalue weighted by Crippen LogP contribution is -2.07. The van der Waals surface area contributed by atoms with Crippen LogP contribution < -0.4 is 15.4 Å². The lowest BCUT2D eigenvalue weighted by molar-refractivity contribution is -0.114. The van der Waals surface area contributed by atoms with Gasteiger partial charge in [0.1, 0.15) is 5.82 Å². The number of nitrogens with one attached hydrogen (secondary N) is 2. The summed E-state index contributed by atoms with van der Waals surface area (Å²) < 4.78 is 34.4. The van der Waals surface area contributed by atoms with Gasteiger partial charge in [-0.2, -0.15) is 13.4 Å². The molecule has 216 valence electrons. The maximum atomic E-state index is 11.9. The summed E-state index contributed by atoms with van der Waals surface area (Å²) in [5.74, 6) is 1.56. The summed E-state index contributed by atoms with van der Waals surface area (Å²) in [6, 6.07) is 15.2. The number of ether oxygens (including phenoxy) is 1. The molecule has 11 heteroatoms. The van der Waals surface area contributed by atoms with Crippen LogP contribution in [0.4, 0.5) is 23.1 Å². The molecule has 4 aromatic rings. The van der Waals surface area contributed by atoms with E-state index in [0.717, 1.165) is 33.6 Å². The van der Waals surface area contributed by atoms with E-state index in [1.165, 1.54) is 18.2 Å². The van der Waals surface area contributed by atoms with E-state index in [4.69, 9.17) is 9.29 Å². The van der Waals surface area contributed by atoms with Gasteiger partial charge in [-0.05, 0) is 56.2 Å². The molecule has 0 aliphatic heterocycles. The van der Waals surface area contributed by atoms with Crippen LogP contribution in [-0.2, 0) is 21.3 Å². The van der Waals surface area contributed by atoms with E-state index < -0.39 is 10.1 Å². The van der Waals surface area contributed by atoms with E-state index in [9.17, 15) is 13.2 Å². The average Bonchev–Trinajstić information content (AvgIpc) is 2.93. The Balaban J connectivity index is 0.000000452. The van der Waals surface area contributed by atoms with Crippen molar-refractivity contribution in [3.8, 4) is 5.88 Å². The van der Waals surface area contributed by atoms with Crippen LogP contribution in [0.3, 0.4) is 0 Å². The first kappa shape index (κ1) is 32.6. The number of hydrogen-bond acceptors (Lipinski definition) is 9. The van der Waals surface area contributed by atoms with Gasteiger partial charge in [-0.3, -0.25) is 9.35 Å². The topological polar surface area (TPSA) is 143 Å². The summed E-state index contributed by atoms with van der Waals surface area (Å²) in [7, 11) is -2.43. The molecule has 0 bridgehead atoms. The van der Waals surface area contributed by atoms with Crippen LogP contribution in [-0.4, -0.2) is 40.8 Å². The molecule has 0 fully saturated rings. The number of anilines is 4. The first-order valence-corrected chi connectivity index (χ1v) is 13.6. The number of carbonyl (C=O) groups is 1. The minimum absolute atomic E-state index is 0. The van der Waals surface area contributed by atoms with Gasteiger partial charge in [0.15, 0.2) is 5.78 Å². The summed E-state index contributed by atoms with van der Waals surface area (Å²) in [5, 5.41) is 6.56. The lowest BCUT2D eigenvalue weighted by atomic mass is 10.0. The molecule has 41 heavy (non-hydrogen) atoms. The molecule has 2 aromatic carbocycles. The number of aryl methyl sites for hydroxylation is 3. The average molecular weight is 578 g/mol. The Labute approximate surface area is 241 Å². The number of allylic oxidation sites excluding steroid dienone is 1. The highest BCUT2D eigenvalue weighted by atomic mass is 32.2. The van der Waals surface area contributed by atoms with E-state index in [1.54, 1.807) is 43.8 Å². The Kier molecular flexibility index (Phi) is 11.7. The highest BCUT2D eigenvalue weighted by Gasteiger charge is 2.11. The van der Waals surface area contributed by atoms with Crippen molar-refractivity contribution in [1.82, 2.24) is 15.0 Å². The second-order valence-corrected chi connectivity index (χ2v) is 10.2. The fourth-order valence-corrected chi connectivity index (χ4v) is 3.97. The van der Waals surface area contributed by atoms with Gasteiger partial charge in [-0.25, -0.2) is 9.97 Å². The monoisotopic (exact) mass is 577 g/mol. The largest absolute Gasteiger partial charge is 0.481 e. The highest BCUT2D eigenvalue weighted by molar-refractivity contribution is 7.85. The molecule has 3 N–H and O–H groups in total. The van der Waals surface area contributed by atoms with Gasteiger partial charge in [-0.15, -0.1) is 0 Å². The van der Waals surface area contributed by atoms with Crippen LogP contribution in [0.1, 0.15) is 29.7 Å². The van der Waals surface area contributed by atoms with E-state index >= 15 is 0 Å². The third kappa shape index (κ3) is 9.52. The number of ketones is 1. The Hall–Kier alpha value is -4.61. The van der Waals surface area contributed by atoms with Crippen molar-refractivity contribution in [3.05, 3.63) is 102 Å². The third-order valence-electron chi connectivity index (χ3n) is 5.65. The SMILES string of the molecule is C.C=CC(=O)Cc1cc(C)ccc1Nc1nc(Nc2cc(OC)ncc2C)ncc1C.O=S(=O)(O)c1ccccc1. The standard InChI is InChI=1S/C23H25N5O2.C6H6O3S.CH4/c1-6-18(29)10-17-9-14(2)7-8-19(17)26-22-16(4)13-25-23(28-22)27-20-11-21(30-5)24-12-15(20)3;7-10(8,9)6-4-2-1-3-5-6;/h6-9,11-13H,1,10H2,2-5H3,(H2,24,25,26,27,28);1-5H,(H,7,8,9);1H4. The van der Waals surface area contributed by atoms with Crippen LogP contribution in [0.15, 0.2) is 84.5 Å². The summed E-state index contributed by atoms with van der Waals surface area (Å²) in [6.45, 7) is 9.43. The van der Waals surface area contributed by atoms with Crippen LogP contribution >= 0.6 is 0 Å². The van der Waals surface area contributed by atoms with Crippen molar-refractivity contribution < 1.29 is 22.5 Å². The molecular weight excluding hydrogens is 542 g/mol. The summed E-state index contributed by atoms with van der Waals surface area (Å²) in [5.41, 5.74) is 5.43. The smallest absolute Gasteiger partial charge is 0.294 e. The second kappa shape index (κ2) is 14.7. The quantitative estimate of drug-likeness (QED) is 0.156. The number of aromatic nitrogens is 3. The van der Waals surface area contributed by atoms with E-state index in [0.29, 0.717) is 17.6 Å². The number of methoxy groups -OCH3 is 1. The van der Waals surface area contributed by atoms with E-state index in [-0.39, 0.29) is 24.5 Å². The minimum atomic E-state index is -4.00. The van der Waals surface area contributed by atoms with Gasteiger partial charge in [0.2, 0.25) is 11.8 Å². The Morgan fingerprint density at radius 1 is 0.976 bits per heavy atom. The van der Waals surface area contributed by atoms with E-state index in [2.05, 4.69) is 32.2 Å². The van der Waals surface area contributed by atoms with Crippen molar-refractivity contribution >= 4 is 39.0 Å². The van der Waals surface area contributed by atoms with Crippen molar-refractivity contribution in [2.24, 2.45) is 0 Å². The summed E-state index contributed by atoms with van der Waals surface area (Å²) in [4.78, 5) is 25.0. The third-order valence-corrected chi connectivity index (χ3v) is 6.52. The zero-order chi connectivity index (χ0) is 29.3. The molecule has 2 heterocycles. The van der Waals surface area contributed by atoms with Gasteiger partial charge in [0, 0.05) is 36.1 Å². The van der Waals surface area contributed by atoms with Crippen LogP contribution in [0, 0.1) is 20.8 Å². The normalized spacial score (nSPS) is 10.4. The molecule has 0 saturated carbocycles. The van der Waals surface area contributed by atoms with E-state index in [1.807, 2.05) is 39.0 Å². The molecule has 10 nitrogen and oxygen atoms in total. The van der Waals surface area contributed by atoms with Crippen molar-refractivity contribution in [3.63, 3.8) is 0 Å². The first-order valence-electron chi connectivity index (χ1n) is 12.2. The zero-order valence-corrected chi connectivity index (χ0v) is 23.5. The molecule has 0 unspecified atom stereocenters. The van der Waals surface area contributed by atoms with Gasteiger partial charge >= 0.3 is 0 Å². The maximum Gasteiger partial charge on any atom is 0.294 e. The zero-order valence-electron chi connectivity index (χ0n) is 22.7. The van der Waals surface area contributed by atoms with Gasteiger partial charge in [0.05, 0.1) is 17.7 Å². The molecule has 0 saturated heterocycles. The first-order chi connectivity index (χ1) is 19.0. The van der Waals surface area contributed by atoms with Crippen LogP contribution in [0.25, 0.3) is 0 Å². The number of rotatable bonds is 9. The van der Waals surface area contributed by atoms with Crippen molar-refractivity contribution in [2.75, 3.05) is 17.7 Å². The number of benzene rings is 2. The number of hydrogen-bond donors (Lipinski definition) is 3. The van der Waals surface area contributed by atoms with Crippen molar-refractivity contribution in [1.29, 1.82) is 0 Å². The van der Waals surface area contributed by atoms with Crippen LogP contribution in [0.5, 0.6) is 5.88 Å². The Morgan fingerprint density at radius 3 is 2.27 bits per heavy atom. The fraction of sp³-hybridized carbons (Fsp3) is 0.200. The number of carbonyl (C=O) groups excluding carboxylic acids is 1. The molecular formula is C30H35N5O5S. The van der Waals surface area contributed by atoms with Gasteiger partial charge in [0.25, 0.3) is 10.1 Å². The molecule has 0 aliphatic carbocycles. The molecule has 0 aliphatic rings. The number of pyridine rings is 1. The summed E-state index contributed by atoms with van der Waals surface area (Å²) >= 11 is 0. The molecule has 4 rings (SSSR count). The predicted molar refractivity (Wildman–Crippen MR) is 162 cm³/mol. The Bertz CT molecular complexity index is 1610. The van der Waals surface area contributed by atoms with Gasteiger partial charge < -0.3 is 15.4 Å². The summed E-state index contributed by atoms with van der Waals surface area (Å²) in [6.07, 6.45) is 5.09. The van der Waals surface area contributed by atoms with Crippen molar-refractivity contribution in [2.45, 2.75) is 39.5 Å². The second-order valence-electron chi connectivity index (χ2n) is 8.81.